The van der Waals surface area contributed by atoms with E-state index in [2.05, 4.69) is 9.78 Å². The molecule has 0 aromatic rings. The first-order valence-electron chi connectivity index (χ1n) is 3.36. The molecule has 0 saturated heterocycles. The molecule has 0 aromatic heterocycles. The molecule has 0 saturated carbocycles. The molecular formula is C6H14O4. The molecule has 0 fully saturated rings. The van der Waals surface area contributed by atoms with Gasteiger partial charge in [-0.3, -0.25) is 10.5 Å². The summed E-state index contributed by atoms with van der Waals surface area (Å²) in [5.41, 5.74) is 0. The van der Waals surface area contributed by atoms with Gasteiger partial charge in [0.25, 0.3) is 0 Å². The zero-order chi connectivity index (χ0) is 7.98. The Morgan fingerprint density at radius 1 is 1.30 bits per heavy atom. The lowest BCUT2D eigenvalue weighted by Gasteiger charge is -2.16. The van der Waals surface area contributed by atoms with Crippen LogP contribution in [0.1, 0.15) is 26.7 Å². The van der Waals surface area contributed by atoms with Gasteiger partial charge in [0.05, 0.1) is 0 Å². The Balaban J connectivity index is 3.56. The van der Waals surface area contributed by atoms with Gasteiger partial charge in [0, 0.05) is 0 Å². The van der Waals surface area contributed by atoms with Gasteiger partial charge in [-0.15, -0.1) is 0 Å². The molecule has 0 aromatic carbocycles. The monoisotopic (exact) mass is 150 g/mol. The lowest BCUT2D eigenvalue weighted by molar-refractivity contribution is -0.352. The van der Waals surface area contributed by atoms with Crippen LogP contribution in [0.15, 0.2) is 0 Å². The van der Waals surface area contributed by atoms with Gasteiger partial charge in [-0.2, -0.15) is 0 Å². The third-order valence-electron chi connectivity index (χ3n) is 1.40. The highest BCUT2D eigenvalue weighted by Gasteiger charge is 2.17. The standard InChI is InChI=1S/C6H14O4/c1-3-4-6(10-8)5(2)9-7/h5-8H,3-4H2,1-2H3. The lowest BCUT2D eigenvalue weighted by atomic mass is 10.1. The van der Waals surface area contributed by atoms with E-state index in [0.717, 1.165) is 6.42 Å². The molecule has 0 aliphatic heterocycles. The molecule has 0 aliphatic carbocycles. The zero-order valence-electron chi connectivity index (χ0n) is 6.28. The summed E-state index contributed by atoms with van der Waals surface area (Å²) in [6.07, 6.45) is 0.622. The van der Waals surface area contributed by atoms with Crippen molar-refractivity contribution in [3.63, 3.8) is 0 Å². The fraction of sp³-hybridized carbons (Fsp3) is 1.00. The highest BCUT2D eigenvalue weighted by Crippen LogP contribution is 2.07. The minimum absolute atomic E-state index is 0.435. The van der Waals surface area contributed by atoms with E-state index in [0.29, 0.717) is 6.42 Å². The summed E-state index contributed by atoms with van der Waals surface area (Å²) in [5.74, 6) is 0. The molecule has 0 bridgehead atoms. The van der Waals surface area contributed by atoms with Crippen LogP contribution in [0.2, 0.25) is 0 Å². The van der Waals surface area contributed by atoms with Crippen LogP contribution in [0.25, 0.3) is 0 Å². The Kier molecular flexibility index (Phi) is 5.52. The van der Waals surface area contributed by atoms with Crippen molar-refractivity contribution >= 4 is 0 Å². The van der Waals surface area contributed by atoms with Crippen LogP contribution < -0.4 is 0 Å². The fourth-order valence-corrected chi connectivity index (χ4v) is 0.726. The second-order valence-corrected chi connectivity index (χ2v) is 2.24. The SMILES string of the molecule is CCCC(OO)C(C)OO. The van der Waals surface area contributed by atoms with Gasteiger partial charge in [0.1, 0.15) is 12.2 Å². The number of rotatable bonds is 5. The second kappa shape index (κ2) is 5.61. The maximum atomic E-state index is 8.27. The Hall–Kier alpha value is -0.160. The van der Waals surface area contributed by atoms with Crippen LogP contribution in [0.3, 0.4) is 0 Å². The average Bonchev–Trinajstić information content (AvgIpc) is 1.99. The van der Waals surface area contributed by atoms with Crippen LogP contribution in [0.5, 0.6) is 0 Å². The van der Waals surface area contributed by atoms with E-state index in [1.165, 1.54) is 0 Å². The molecule has 0 aliphatic rings. The van der Waals surface area contributed by atoms with E-state index in [1.54, 1.807) is 6.92 Å². The smallest absolute Gasteiger partial charge is 0.122 e. The first kappa shape index (κ1) is 9.84. The average molecular weight is 150 g/mol. The highest BCUT2D eigenvalue weighted by molar-refractivity contribution is 4.62. The maximum Gasteiger partial charge on any atom is 0.122 e. The molecule has 4 nitrogen and oxygen atoms in total. The molecule has 2 atom stereocenters. The predicted molar refractivity (Wildman–Crippen MR) is 35.6 cm³/mol. The summed E-state index contributed by atoms with van der Waals surface area (Å²) in [4.78, 5) is 8.03. The van der Waals surface area contributed by atoms with Gasteiger partial charge < -0.3 is 0 Å². The van der Waals surface area contributed by atoms with E-state index >= 15 is 0 Å². The number of hydrogen-bond donors (Lipinski definition) is 2. The van der Waals surface area contributed by atoms with Crippen LogP contribution in [-0.2, 0) is 9.78 Å². The lowest BCUT2D eigenvalue weighted by Crippen LogP contribution is -2.27. The summed E-state index contributed by atoms with van der Waals surface area (Å²) in [6.45, 7) is 3.58. The summed E-state index contributed by atoms with van der Waals surface area (Å²) < 4.78 is 0. The molecule has 4 heteroatoms. The summed E-state index contributed by atoms with van der Waals surface area (Å²) in [7, 11) is 0. The quantitative estimate of drug-likeness (QED) is 0.461. The molecular weight excluding hydrogens is 136 g/mol. The first-order valence-corrected chi connectivity index (χ1v) is 3.36. The van der Waals surface area contributed by atoms with E-state index in [4.69, 9.17) is 10.5 Å². The molecule has 62 valence electrons. The third-order valence-corrected chi connectivity index (χ3v) is 1.40. The topological polar surface area (TPSA) is 58.9 Å². The van der Waals surface area contributed by atoms with E-state index in [1.807, 2.05) is 6.92 Å². The molecule has 0 spiro atoms. The van der Waals surface area contributed by atoms with Crippen molar-refractivity contribution in [2.24, 2.45) is 0 Å². The molecule has 0 rings (SSSR count). The van der Waals surface area contributed by atoms with Crippen molar-refractivity contribution in [3.05, 3.63) is 0 Å². The van der Waals surface area contributed by atoms with Crippen molar-refractivity contribution in [1.82, 2.24) is 0 Å². The molecule has 0 radical (unpaired) electrons. The molecule has 2 unspecified atom stereocenters. The van der Waals surface area contributed by atoms with Gasteiger partial charge in [-0.1, -0.05) is 13.3 Å². The van der Waals surface area contributed by atoms with Crippen molar-refractivity contribution < 1.29 is 20.3 Å². The van der Waals surface area contributed by atoms with Crippen LogP contribution >= 0.6 is 0 Å². The van der Waals surface area contributed by atoms with Crippen LogP contribution in [-0.4, -0.2) is 22.7 Å². The fourth-order valence-electron chi connectivity index (χ4n) is 0.726. The maximum absolute atomic E-state index is 8.27. The normalized spacial score (nSPS) is 16.8. The van der Waals surface area contributed by atoms with Gasteiger partial charge in [-0.05, 0) is 13.3 Å². The summed E-state index contributed by atoms with van der Waals surface area (Å²) >= 11 is 0. The van der Waals surface area contributed by atoms with Gasteiger partial charge >= 0.3 is 0 Å². The Morgan fingerprint density at radius 3 is 2.20 bits per heavy atom. The minimum atomic E-state index is -0.482. The van der Waals surface area contributed by atoms with E-state index < -0.39 is 12.2 Å². The summed E-state index contributed by atoms with van der Waals surface area (Å²) in [5, 5.41) is 16.4. The summed E-state index contributed by atoms with van der Waals surface area (Å²) in [6, 6.07) is 0. The van der Waals surface area contributed by atoms with Crippen molar-refractivity contribution in [2.75, 3.05) is 0 Å². The zero-order valence-corrected chi connectivity index (χ0v) is 6.28. The van der Waals surface area contributed by atoms with Gasteiger partial charge in [0.15, 0.2) is 0 Å². The molecule has 0 heterocycles. The first-order chi connectivity index (χ1) is 4.76. The third kappa shape index (κ3) is 3.12. The van der Waals surface area contributed by atoms with Crippen LogP contribution in [0.4, 0.5) is 0 Å². The molecule has 0 amide bonds. The van der Waals surface area contributed by atoms with Gasteiger partial charge in [-0.25, -0.2) is 9.78 Å². The van der Waals surface area contributed by atoms with Crippen molar-refractivity contribution in [1.29, 1.82) is 0 Å². The van der Waals surface area contributed by atoms with Crippen LogP contribution in [0, 0.1) is 0 Å². The Bertz CT molecular complexity index is 76.1. The van der Waals surface area contributed by atoms with Crippen molar-refractivity contribution in [3.8, 4) is 0 Å². The van der Waals surface area contributed by atoms with Gasteiger partial charge in [0.2, 0.25) is 0 Å². The number of hydrogen-bond acceptors (Lipinski definition) is 4. The minimum Gasteiger partial charge on any atom is -0.251 e. The molecule has 2 N–H and O–H groups in total. The second-order valence-electron chi connectivity index (χ2n) is 2.24. The Labute approximate surface area is 60.2 Å². The highest BCUT2D eigenvalue weighted by atomic mass is 17.1. The predicted octanol–water partition coefficient (Wildman–Crippen LogP) is 1.52. The van der Waals surface area contributed by atoms with E-state index in [-0.39, 0.29) is 0 Å². The van der Waals surface area contributed by atoms with Crippen molar-refractivity contribution in [2.45, 2.75) is 38.9 Å². The Morgan fingerprint density at radius 2 is 1.90 bits per heavy atom. The largest absolute Gasteiger partial charge is 0.251 e. The molecule has 10 heavy (non-hydrogen) atoms. The van der Waals surface area contributed by atoms with E-state index in [9.17, 15) is 0 Å².